The van der Waals surface area contributed by atoms with Gasteiger partial charge < -0.3 is 10.1 Å². The fourth-order valence-electron chi connectivity index (χ4n) is 1.92. The summed E-state index contributed by atoms with van der Waals surface area (Å²) in [7, 11) is 0. The smallest absolute Gasteiger partial charge is 0.255 e. The van der Waals surface area contributed by atoms with Crippen molar-refractivity contribution < 1.29 is 5.11 Å². The molecule has 0 saturated heterocycles. The number of hydrogen-bond donors (Lipinski definition) is 2. The normalized spacial score (nSPS) is 16.6. The van der Waals surface area contributed by atoms with E-state index in [-0.39, 0.29) is 11.7 Å². The highest BCUT2D eigenvalue weighted by Crippen LogP contribution is 2.20. The summed E-state index contributed by atoms with van der Waals surface area (Å²) < 4.78 is 0. The lowest BCUT2D eigenvalue weighted by atomic mass is 10.1. The van der Waals surface area contributed by atoms with E-state index >= 15 is 0 Å². The Morgan fingerprint density at radius 3 is 3.18 bits per heavy atom. The van der Waals surface area contributed by atoms with Gasteiger partial charge in [-0.1, -0.05) is 6.92 Å². The standard InChI is InChI=1S/C12H18N2O2S/c1-2-8(15)3-4-11-13-10-5-6-17-7-9(10)12(16)14-11/h8,15H,2-7H2,1H3,(H,13,14,16). The molecule has 0 radical (unpaired) electrons. The van der Waals surface area contributed by atoms with Gasteiger partial charge >= 0.3 is 0 Å². The van der Waals surface area contributed by atoms with Gasteiger partial charge in [-0.15, -0.1) is 0 Å². The van der Waals surface area contributed by atoms with E-state index in [2.05, 4.69) is 9.97 Å². The molecular formula is C12H18N2O2S. The van der Waals surface area contributed by atoms with Crippen molar-refractivity contribution in [2.24, 2.45) is 0 Å². The Kier molecular flexibility index (Phi) is 4.23. The first-order chi connectivity index (χ1) is 8.20. The first-order valence-electron chi connectivity index (χ1n) is 6.07. The van der Waals surface area contributed by atoms with Crippen LogP contribution in [0, 0.1) is 0 Å². The molecule has 0 amide bonds. The topological polar surface area (TPSA) is 66.0 Å². The summed E-state index contributed by atoms with van der Waals surface area (Å²) in [5.74, 6) is 2.53. The van der Waals surface area contributed by atoms with Crippen molar-refractivity contribution in [1.29, 1.82) is 0 Å². The third-order valence-corrected chi connectivity index (χ3v) is 4.05. The lowest BCUT2D eigenvalue weighted by Gasteiger charge is -2.14. The molecule has 1 aliphatic rings. The van der Waals surface area contributed by atoms with Gasteiger partial charge in [0.15, 0.2) is 0 Å². The van der Waals surface area contributed by atoms with Gasteiger partial charge in [-0.05, 0) is 25.0 Å². The number of nitrogens with zero attached hydrogens (tertiary/aromatic N) is 1. The van der Waals surface area contributed by atoms with E-state index in [1.165, 1.54) is 0 Å². The molecule has 0 aliphatic carbocycles. The predicted molar refractivity (Wildman–Crippen MR) is 69.3 cm³/mol. The predicted octanol–water partition coefficient (Wildman–Crippen LogP) is 1.26. The molecule has 17 heavy (non-hydrogen) atoms. The Bertz CT molecular complexity index is 445. The third kappa shape index (κ3) is 3.10. The first-order valence-corrected chi connectivity index (χ1v) is 7.23. The quantitative estimate of drug-likeness (QED) is 0.849. The van der Waals surface area contributed by atoms with Crippen LogP contribution < -0.4 is 5.56 Å². The van der Waals surface area contributed by atoms with E-state index in [0.717, 1.165) is 35.6 Å². The van der Waals surface area contributed by atoms with E-state index in [4.69, 9.17) is 0 Å². The Morgan fingerprint density at radius 1 is 1.59 bits per heavy atom. The molecule has 94 valence electrons. The SMILES string of the molecule is CCC(O)CCc1nc2c(c(=O)[nH]1)CSCC2. The number of fused-ring (bicyclic) bond motifs is 1. The Labute approximate surface area is 105 Å². The molecule has 0 saturated carbocycles. The lowest BCUT2D eigenvalue weighted by Crippen LogP contribution is -2.23. The Morgan fingerprint density at radius 2 is 2.41 bits per heavy atom. The van der Waals surface area contributed by atoms with Crippen LogP contribution >= 0.6 is 11.8 Å². The van der Waals surface area contributed by atoms with Crippen molar-refractivity contribution in [3.63, 3.8) is 0 Å². The number of hydrogen-bond acceptors (Lipinski definition) is 4. The summed E-state index contributed by atoms with van der Waals surface area (Å²) in [4.78, 5) is 19.2. The van der Waals surface area contributed by atoms with Crippen molar-refractivity contribution in [2.45, 2.75) is 44.5 Å². The number of rotatable bonds is 4. The molecule has 1 aromatic heterocycles. The van der Waals surface area contributed by atoms with Crippen molar-refractivity contribution in [3.8, 4) is 0 Å². The molecule has 1 aliphatic heterocycles. The number of aliphatic hydroxyl groups excluding tert-OH is 1. The minimum absolute atomic E-state index is 0.00295. The maximum absolute atomic E-state index is 11.8. The molecule has 4 nitrogen and oxygen atoms in total. The molecule has 0 fully saturated rings. The van der Waals surface area contributed by atoms with Gasteiger partial charge in [-0.3, -0.25) is 4.79 Å². The van der Waals surface area contributed by atoms with E-state index in [1.54, 1.807) is 11.8 Å². The zero-order valence-electron chi connectivity index (χ0n) is 10.0. The highest BCUT2D eigenvalue weighted by atomic mass is 32.2. The largest absolute Gasteiger partial charge is 0.393 e. The fourth-order valence-corrected chi connectivity index (χ4v) is 2.90. The minimum Gasteiger partial charge on any atom is -0.393 e. The molecule has 2 heterocycles. The van der Waals surface area contributed by atoms with Crippen molar-refractivity contribution >= 4 is 11.8 Å². The summed E-state index contributed by atoms with van der Waals surface area (Å²) in [6.07, 6.45) is 2.63. The van der Waals surface area contributed by atoms with Crippen LogP contribution in [-0.2, 0) is 18.6 Å². The van der Waals surface area contributed by atoms with Crippen molar-refractivity contribution in [2.75, 3.05) is 5.75 Å². The second-order valence-corrected chi connectivity index (χ2v) is 5.45. The number of H-pyrrole nitrogens is 1. The summed E-state index contributed by atoms with van der Waals surface area (Å²) in [6, 6.07) is 0. The van der Waals surface area contributed by atoms with Crippen LogP contribution in [0.1, 0.15) is 36.8 Å². The number of aromatic amines is 1. The zero-order valence-corrected chi connectivity index (χ0v) is 10.8. The maximum Gasteiger partial charge on any atom is 0.255 e. The Hall–Kier alpha value is -0.810. The summed E-state index contributed by atoms with van der Waals surface area (Å²) in [5.41, 5.74) is 1.79. The molecule has 2 N–H and O–H groups in total. The molecule has 0 spiro atoms. The zero-order chi connectivity index (χ0) is 12.3. The molecular weight excluding hydrogens is 236 g/mol. The number of aromatic nitrogens is 2. The molecule has 5 heteroatoms. The minimum atomic E-state index is -0.299. The van der Waals surface area contributed by atoms with Gasteiger partial charge in [0.25, 0.3) is 5.56 Å². The second kappa shape index (κ2) is 5.69. The summed E-state index contributed by atoms with van der Waals surface area (Å²) >= 11 is 1.78. The highest BCUT2D eigenvalue weighted by Gasteiger charge is 2.15. The van der Waals surface area contributed by atoms with Crippen molar-refractivity contribution in [3.05, 3.63) is 27.4 Å². The number of thioether (sulfide) groups is 1. The van der Waals surface area contributed by atoms with Gasteiger partial charge in [0, 0.05) is 17.7 Å². The van der Waals surface area contributed by atoms with Gasteiger partial charge in [0.2, 0.25) is 0 Å². The number of aryl methyl sites for hydroxylation is 2. The van der Waals surface area contributed by atoms with Crippen LogP contribution in [0.3, 0.4) is 0 Å². The van der Waals surface area contributed by atoms with Crippen LogP contribution in [0.5, 0.6) is 0 Å². The van der Waals surface area contributed by atoms with E-state index in [1.807, 2.05) is 6.92 Å². The molecule has 2 rings (SSSR count). The van der Waals surface area contributed by atoms with Crippen LogP contribution in [0.15, 0.2) is 4.79 Å². The second-order valence-electron chi connectivity index (χ2n) is 4.34. The van der Waals surface area contributed by atoms with E-state index < -0.39 is 0 Å². The van der Waals surface area contributed by atoms with Crippen LogP contribution in [0.2, 0.25) is 0 Å². The average Bonchev–Trinajstić information content (AvgIpc) is 2.36. The lowest BCUT2D eigenvalue weighted by molar-refractivity contribution is 0.160. The van der Waals surface area contributed by atoms with Crippen LogP contribution in [0.4, 0.5) is 0 Å². The van der Waals surface area contributed by atoms with E-state index in [0.29, 0.717) is 18.7 Å². The van der Waals surface area contributed by atoms with Gasteiger partial charge in [-0.2, -0.15) is 11.8 Å². The number of aliphatic hydroxyl groups is 1. The van der Waals surface area contributed by atoms with Crippen LogP contribution in [-0.4, -0.2) is 26.9 Å². The molecule has 1 aromatic rings. The molecule has 0 bridgehead atoms. The van der Waals surface area contributed by atoms with E-state index in [9.17, 15) is 9.90 Å². The monoisotopic (exact) mass is 254 g/mol. The average molecular weight is 254 g/mol. The van der Waals surface area contributed by atoms with Crippen LogP contribution in [0.25, 0.3) is 0 Å². The molecule has 1 atom stereocenters. The van der Waals surface area contributed by atoms with Gasteiger partial charge in [0.05, 0.1) is 11.8 Å². The molecule has 0 aromatic carbocycles. The Balaban J connectivity index is 2.14. The summed E-state index contributed by atoms with van der Waals surface area (Å²) in [5, 5.41) is 9.50. The van der Waals surface area contributed by atoms with Gasteiger partial charge in [-0.25, -0.2) is 4.98 Å². The molecule has 1 unspecified atom stereocenters. The highest BCUT2D eigenvalue weighted by molar-refractivity contribution is 7.98. The van der Waals surface area contributed by atoms with Crippen molar-refractivity contribution in [1.82, 2.24) is 9.97 Å². The fraction of sp³-hybridized carbons (Fsp3) is 0.667. The van der Waals surface area contributed by atoms with Gasteiger partial charge in [0.1, 0.15) is 5.82 Å². The first kappa shape index (κ1) is 12.6. The third-order valence-electron chi connectivity index (χ3n) is 3.07. The maximum atomic E-state index is 11.8. The number of nitrogens with one attached hydrogen (secondary N) is 1. The summed E-state index contributed by atoms with van der Waals surface area (Å²) in [6.45, 7) is 1.95.